The van der Waals surface area contributed by atoms with Gasteiger partial charge in [-0.25, -0.2) is 4.79 Å². The van der Waals surface area contributed by atoms with Crippen molar-refractivity contribution in [3.05, 3.63) is 35.9 Å². The topological polar surface area (TPSA) is 268 Å². The van der Waals surface area contributed by atoms with Crippen molar-refractivity contribution in [2.75, 3.05) is 0 Å². The molecule has 0 aliphatic rings. The van der Waals surface area contributed by atoms with Crippen molar-refractivity contribution in [2.45, 2.75) is 18.4 Å². The van der Waals surface area contributed by atoms with E-state index >= 15 is 0 Å². The van der Waals surface area contributed by atoms with Gasteiger partial charge < -0.3 is 72.8 Å². The first-order valence-corrected chi connectivity index (χ1v) is 6.33. The number of carbonyl (C=O) groups excluding carboxylic acids is 3. The van der Waals surface area contributed by atoms with Crippen molar-refractivity contribution in [1.29, 1.82) is 0 Å². The predicted molar refractivity (Wildman–Crippen MR) is 72.6 cm³/mol. The molecule has 0 spiro atoms. The van der Waals surface area contributed by atoms with Crippen LogP contribution >= 0.6 is 0 Å². The van der Waals surface area contributed by atoms with Crippen molar-refractivity contribution in [1.82, 2.24) is 0 Å². The van der Waals surface area contributed by atoms with Gasteiger partial charge in [-0.2, -0.15) is 0 Å². The van der Waals surface area contributed by atoms with Crippen LogP contribution in [0.4, 0.5) is 4.79 Å². The molecule has 0 unspecified atom stereocenters. The Labute approximate surface area is 456 Å². The summed E-state index contributed by atoms with van der Waals surface area (Å²) in [5, 5.41) is 62.6. The average molecular weight is 659 g/mol. The van der Waals surface area contributed by atoms with Gasteiger partial charge in [0.15, 0.2) is 0 Å². The Balaban J connectivity index is -0.0000000309. The molecule has 1 aromatic rings. The molecule has 0 amide bonds. The molecular formula is C14H13ClK6O13. The summed E-state index contributed by atoms with van der Waals surface area (Å²) < 4.78 is 0. The fourth-order valence-electron chi connectivity index (χ4n) is 1.27. The van der Waals surface area contributed by atoms with E-state index in [-0.39, 0.29) is 326 Å². The quantitative estimate of drug-likeness (QED) is 0.240. The Morgan fingerprint density at radius 1 is 0.706 bits per heavy atom. The van der Waals surface area contributed by atoms with Crippen molar-refractivity contribution >= 4 is 30.0 Å². The monoisotopic (exact) mass is 658 g/mol. The van der Waals surface area contributed by atoms with Gasteiger partial charge in [0.25, 0.3) is 0 Å². The van der Waals surface area contributed by atoms with E-state index in [1.54, 1.807) is 30.3 Å². The van der Waals surface area contributed by atoms with Crippen LogP contribution in [0.2, 0.25) is 0 Å². The van der Waals surface area contributed by atoms with E-state index in [2.05, 4.69) is 0 Å². The molecule has 1 aromatic carbocycles. The number of carboxylic acids is 4. The number of aliphatic hydroxyl groups is 1. The van der Waals surface area contributed by atoms with E-state index in [0.29, 0.717) is 5.56 Å². The first kappa shape index (κ1) is 67.9. The summed E-state index contributed by atoms with van der Waals surface area (Å²) in [6, 6.07) is 8.30. The number of rotatable bonds is 6. The Kier molecular flexibility index (Phi) is 82.9. The zero-order chi connectivity index (χ0) is 20.9. The van der Waals surface area contributed by atoms with Crippen molar-refractivity contribution in [3.63, 3.8) is 0 Å². The molecular weight excluding hydrogens is 646 g/mol. The second-order valence-electron chi connectivity index (χ2n) is 4.35. The van der Waals surface area contributed by atoms with E-state index < -0.39 is 48.5 Å². The van der Waals surface area contributed by atoms with Gasteiger partial charge in [-0.15, -0.1) is 0 Å². The van der Waals surface area contributed by atoms with Gasteiger partial charge in [-0.3, -0.25) is 0 Å². The normalized spacial score (nSPS) is 7.21. The number of carboxylic acid groups (broad SMARTS) is 6. The minimum absolute atomic E-state index is 0. The van der Waals surface area contributed by atoms with Crippen LogP contribution in [0.25, 0.3) is 0 Å². The van der Waals surface area contributed by atoms with Crippen LogP contribution in [0.1, 0.15) is 23.2 Å². The molecule has 0 radical (unpaired) electrons. The molecule has 13 nitrogen and oxygen atoms in total. The van der Waals surface area contributed by atoms with E-state index in [1.807, 2.05) is 0 Å². The summed E-state index contributed by atoms with van der Waals surface area (Å²) >= 11 is 0. The maximum Gasteiger partial charge on any atom is 1.00 e. The minimum Gasteiger partial charge on any atom is -1.00 e. The molecule has 20 heteroatoms. The van der Waals surface area contributed by atoms with Crippen LogP contribution in [0, 0.1) is 0 Å². The van der Waals surface area contributed by atoms with Gasteiger partial charge in [-0.05, 0) is 12.1 Å². The number of aliphatic carboxylic acids is 3. The molecule has 4 N–H and O–H groups in total. The molecule has 0 fully saturated rings. The third kappa shape index (κ3) is 45.4. The zero-order valence-electron chi connectivity index (χ0n) is 19.6. The van der Waals surface area contributed by atoms with Crippen LogP contribution in [0.5, 0.6) is 0 Å². The number of carbonyl (C=O) groups is 5. The molecule has 34 heavy (non-hydrogen) atoms. The fraction of sp³-hybridized carbons (Fsp3) is 0.214. The zero-order valence-corrected chi connectivity index (χ0v) is 39.1. The fourth-order valence-corrected chi connectivity index (χ4v) is 1.27. The predicted octanol–water partition coefficient (Wildman–Crippen LogP) is -26.1. The van der Waals surface area contributed by atoms with Gasteiger partial charge in [-0.1, -0.05) is 18.2 Å². The molecule has 0 aromatic heterocycles. The number of hydrogen-bond donors (Lipinski definition) is 3. The molecule has 0 saturated carbocycles. The van der Waals surface area contributed by atoms with E-state index in [4.69, 9.17) is 25.2 Å². The summed E-state index contributed by atoms with van der Waals surface area (Å²) in [5.74, 6) is -6.86. The van der Waals surface area contributed by atoms with Crippen LogP contribution in [-0.2, 0) is 14.4 Å². The number of halogens is 1. The average Bonchev–Trinajstić information content (AvgIpc) is 2.46. The molecule has 160 valence electrons. The van der Waals surface area contributed by atoms with Crippen LogP contribution in [-0.4, -0.2) is 56.4 Å². The van der Waals surface area contributed by atoms with Gasteiger partial charge in [0.1, 0.15) is 5.60 Å². The number of hydrogen-bond acceptors (Lipinski definition) is 11. The molecule has 0 atom stereocenters. The van der Waals surface area contributed by atoms with E-state index in [0.717, 1.165) is 0 Å². The third-order valence-electron chi connectivity index (χ3n) is 2.27. The van der Waals surface area contributed by atoms with Crippen molar-refractivity contribution in [2.24, 2.45) is 0 Å². The number of aromatic carboxylic acids is 1. The molecule has 0 bridgehead atoms. The molecule has 1 rings (SSSR count). The van der Waals surface area contributed by atoms with Crippen LogP contribution < -0.4 is 341 Å². The van der Waals surface area contributed by atoms with E-state index in [9.17, 15) is 34.5 Å². The van der Waals surface area contributed by atoms with Gasteiger partial charge in [0.2, 0.25) is 6.16 Å². The Morgan fingerprint density at radius 3 is 1.12 bits per heavy atom. The van der Waals surface area contributed by atoms with Crippen molar-refractivity contribution < 1.29 is 386 Å². The number of benzene rings is 1. The van der Waals surface area contributed by atoms with Crippen LogP contribution in [0.3, 0.4) is 0 Å². The Hall–Kier alpha value is 6.40. The molecule has 0 aliphatic heterocycles. The summed E-state index contributed by atoms with van der Waals surface area (Å²) in [5.41, 5.74) is -2.64. The molecule has 0 aliphatic carbocycles. The van der Waals surface area contributed by atoms with Crippen LogP contribution in [0.15, 0.2) is 30.3 Å². The summed E-state index contributed by atoms with van der Waals surface area (Å²) in [4.78, 5) is 48.6. The summed E-state index contributed by atoms with van der Waals surface area (Å²) in [6.45, 7) is 0. The van der Waals surface area contributed by atoms with E-state index in [1.165, 1.54) is 0 Å². The second-order valence-corrected chi connectivity index (χ2v) is 4.35. The van der Waals surface area contributed by atoms with Gasteiger partial charge in [0, 0.05) is 24.8 Å². The Bertz CT molecular complexity index is 647. The molecule has 0 saturated heterocycles. The van der Waals surface area contributed by atoms with Gasteiger partial charge >= 0.3 is 314 Å². The molecule has 0 heterocycles. The minimum atomic E-state index is -2.97. The van der Waals surface area contributed by atoms with Gasteiger partial charge in [0.05, 0.1) is 11.5 Å². The summed E-state index contributed by atoms with van der Waals surface area (Å²) in [7, 11) is 0. The smallest absolute Gasteiger partial charge is 1.00 e. The maximum absolute atomic E-state index is 10.2. The second kappa shape index (κ2) is 41.5. The first-order chi connectivity index (χ1) is 11.8. The summed E-state index contributed by atoms with van der Waals surface area (Å²) in [6.07, 6.45) is -4.80. The van der Waals surface area contributed by atoms with Crippen molar-refractivity contribution in [3.8, 4) is 0 Å². The third-order valence-corrected chi connectivity index (χ3v) is 2.27. The Morgan fingerprint density at radius 2 is 0.971 bits per heavy atom. The maximum atomic E-state index is 10.2. The first-order valence-electron chi connectivity index (χ1n) is 6.33. The SMILES string of the molecule is O=C(O)c1ccccc1.O=C([O-])CC(O)(CC(=O)[O-])C(=O)[O-].O=C([O-])O.[Cl-].[K+].[K+].[K+].[K+].[K+].[K+].[OH-]. The standard InChI is InChI=1S/C7H6O2.C6H8O7.CH2O3.ClH.6K.H2O/c8-7(9)6-4-2-1-3-5-6;7-3(8)1-6(13,5(11)12)2-4(9)10;2-1(3)4;;;;;;;;/h1-5H,(H,8,9);13H,1-2H2,(H,7,8)(H,9,10)(H,11,12);(H2,2,3,4);1H;;;;;;;1H2/q;;;;6*+1;/p-6. The largest absolute Gasteiger partial charge is 1.00 e.